The van der Waals surface area contributed by atoms with Crippen molar-refractivity contribution in [3.8, 4) is 22.8 Å². The van der Waals surface area contributed by atoms with E-state index in [1.54, 1.807) is 25.3 Å². The van der Waals surface area contributed by atoms with Crippen molar-refractivity contribution < 1.29 is 19.4 Å². The summed E-state index contributed by atoms with van der Waals surface area (Å²) in [6, 6.07) is 5.21. The van der Waals surface area contributed by atoms with Gasteiger partial charge in [-0.2, -0.15) is 5.10 Å². The number of carboxylic acids is 1. The summed E-state index contributed by atoms with van der Waals surface area (Å²) < 4.78 is 10.6. The zero-order chi connectivity index (χ0) is 13.8. The quantitative estimate of drug-likeness (QED) is 0.862. The SMILES string of the molecule is CCOc1ccc(OC)cc1-c1[nH]ncc1C(=O)O. The summed E-state index contributed by atoms with van der Waals surface area (Å²) in [6.45, 7) is 2.34. The van der Waals surface area contributed by atoms with Gasteiger partial charge in [-0.05, 0) is 25.1 Å². The van der Waals surface area contributed by atoms with Gasteiger partial charge >= 0.3 is 5.97 Å². The number of rotatable bonds is 5. The summed E-state index contributed by atoms with van der Waals surface area (Å²) in [6.07, 6.45) is 1.27. The fourth-order valence-corrected chi connectivity index (χ4v) is 1.77. The van der Waals surface area contributed by atoms with Gasteiger partial charge in [0.25, 0.3) is 0 Å². The Labute approximate surface area is 110 Å². The van der Waals surface area contributed by atoms with Crippen LogP contribution in [0.25, 0.3) is 11.3 Å². The lowest BCUT2D eigenvalue weighted by molar-refractivity contribution is 0.0698. The average Bonchev–Trinajstić information content (AvgIpc) is 2.89. The Morgan fingerprint density at radius 2 is 2.26 bits per heavy atom. The number of methoxy groups -OCH3 is 1. The molecule has 0 atom stereocenters. The van der Waals surface area contributed by atoms with Crippen molar-refractivity contribution >= 4 is 5.97 Å². The number of aromatic nitrogens is 2. The van der Waals surface area contributed by atoms with Gasteiger partial charge in [0.05, 0.1) is 25.6 Å². The molecule has 0 spiro atoms. The zero-order valence-electron chi connectivity index (χ0n) is 10.6. The van der Waals surface area contributed by atoms with Crippen LogP contribution >= 0.6 is 0 Å². The number of nitrogens with zero attached hydrogens (tertiary/aromatic N) is 1. The number of H-pyrrole nitrogens is 1. The molecule has 0 radical (unpaired) electrons. The number of hydrogen-bond donors (Lipinski definition) is 2. The van der Waals surface area contributed by atoms with Crippen LogP contribution in [-0.2, 0) is 0 Å². The first-order valence-electron chi connectivity index (χ1n) is 5.75. The fourth-order valence-electron chi connectivity index (χ4n) is 1.77. The van der Waals surface area contributed by atoms with Crippen LogP contribution < -0.4 is 9.47 Å². The van der Waals surface area contributed by atoms with Gasteiger partial charge in [-0.1, -0.05) is 0 Å². The van der Waals surface area contributed by atoms with Crippen LogP contribution in [0.2, 0.25) is 0 Å². The first-order valence-corrected chi connectivity index (χ1v) is 5.75. The van der Waals surface area contributed by atoms with E-state index in [0.717, 1.165) is 0 Å². The maximum atomic E-state index is 11.1. The van der Waals surface area contributed by atoms with Crippen molar-refractivity contribution in [2.45, 2.75) is 6.92 Å². The van der Waals surface area contributed by atoms with E-state index in [1.165, 1.54) is 6.20 Å². The molecule has 0 saturated heterocycles. The second-order valence-corrected chi connectivity index (χ2v) is 3.76. The third-order valence-electron chi connectivity index (χ3n) is 2.63. The molecule has 2 aromatic rings. The normalized spacial score (nSPS) is 10.2. The maximum absolute atomic E-state index is 11.1. The number of carbonyl (C=O) groups is 1. The van der Waals surface area contributed by atoms with Gasteiger partial charge < -0.3 is 14.6 Å². The predicted molar refractivity (Wildman–Crippen MR) is 68.7 cm³/mol. The molecule has 1 aromatic carbocycles. The molecule has 2 rings (SSSR count). The molecule has 0 amide bonds. The van der Waals surface area contributed by atoms with E-state index in [1.807, 2.05) is 6.92 Å². The van der Waals surface area contributed by atoms with Crippen LogP contribution in [0, 0.1) is 0 Å². The second-order valence-electron chi connectivity index (χ2n) is 3.76. The molecule has 1 heterocycles. The van der Waals surface area contributed by atoms with E-state index in [9.17, 15) is 4.79 Å². The van der Waals surface area contributed by atoms with Crippen LogP contribution in [0.1, 0.15) is 17.3 Å². The summed E-state index contributed by atoms with van der Waals surface area (Å²) in [4.78, 5) is 11.1. The predicted octanol–water partition coefficient (Wildman–Crippen LogP) is 2.18. The van der Waals surface area contributed by atoms with E-state index in [4.69, 9.17) is 14.6 Å². The number of hydrogen-bond acceptors (Lipinski definition) is 4. The van der Waals surface area contributed by atoms with E-state index < -0.39 is 5.97 Å². The lowest BCUT2D eigenvalue weighted by Gasteiger charge is -2.11. The molecule has 1 aromatic heterocycles. The highest BCUT2D eigenvalue weighted by Crippen LogP contribution is 2.34. The number of benzene rings is 1. The molecule has 19 heavy (non-hydrogen) atoms. The Bertz CT molecular complexity index is 592. The van der Waals surface area contributed by atoms with Crippen LogP contribution in [0.15, 0.2) is 24.4 Å². The Morgan fingerprint density at radius 1 is 1.47 bits per heavy atom. The fraction of sp³-hybridized carbons (Fsp3) is 0.231. The summed E-state index contributed by atoms with van der Waals surface area (Å²) in [5.74, 6) is 0.147. The van der Waals surface area contributed by atoms with Crippen LogP contribution in [-0.4, -0.2) is 35.0 Å². The van der Waals surface area contributed by atoms with E-state index in [2.05, 4.69) is 10.2 Å². The lowest BCUT2D eigenvalue weighted by Crippen LogP contribution is -2.00. The third kappa shape index (κ3) is 2.52. The molecule has 0 bridgehead atoms. The van der Waals surface area contributed by atoms with Gasteiger partial charge in [0.2, 0.25) is 0 Å². The molecule has 0 aliphatic carbocycles. The van der Waals surface area contributed by atoms with Crippen molar-refractivity contribution in [1.82, 2.24) is 10.2 Å². The maximum Gasteiger partial charge on any atom is 0.339 e. The Morgan fingerprint density at radius 3 is 2.89 bits per heavy atom. The average molecular weight is 262 g/mol. The number of aromatic carboxylic acids is 1. The summed E-state index contributed by atoms with van der Waals surface area (Å²) in [5, 5.41) is 15.6. The molecule has 6 nitrogen and oxygen atoms in total. The first-order chi connectivity index (χ1) is 9.17. The van der Waals surface area contributed by atoms with Crippen LogP contribution in [0.3, 0.4) is 0 Å². The van der Waals surface area contributed by atoms with Crippen LogP contribution in [0.5, 0.6) is 11.5 Å². The van der Waals surface area contributed by atoms with Crippen molar-refractivity contribution in [3.05, 3.63) is 30.0 Å². The van der Waals surface area contributed by atoms with Gasteiger partial charge in [0, 0.05) is 5.56 Å². The third-order valence-corrected chi connectivity index (χ3v) is 2.63. The van der Waals surface area contributed by atoms with Crippen molar-refractivity contribution in [1.29, 1.82) is 0 Å². The smallest absolute Gasteiger partial charge is 0.339 e. The summed E-state index contributed by atoms with van der Waals surface area (Å²) in [7, 11) is 1.55. The highest BCUT2D eigenvalue weighted by atomic mass is 16.5. The molecule has 0 saturated carbocycles. The largest absolute Gasteiger partial charge is 0.497 e. The van der Waals surface area contributed by atoms with E-state index >= 15 is 0 Å². The molecule has 0 aliphatic rings. The molecule has 2 N–H and O–H groups in total. The standard InChI is InChI=1S/C13H14N2O4/c1-3-19-11-5-4-8(18-2)6-9(11)12-10(13(16)17)7-14-15-12/h4-7H,3H2,1-2H3,(H,14,15)(H,16,17). The Kier molecular flexibility index (Phi) is 3.70. The minimum absolute atomic E-state index is 0.0919. The van der Waals surface area contributed by atoms with Gasteiger partial charge in [-0.3, -0.25) is 5.10 Å². The zero-order valence-corrected chi connectivity index (χ0v) is 10.6. The Hall–Kier alpha value is -2.50. The van der Waals surface area contributed by atoms with Crippen molar-refractivity contribution in [2.75, 3.05) is 13.7 Å². The second kappa shape index (κ2) is 5.43. The highest BCUT2D eigenvalue weighted by Gasteiger charge is 2.18. The number of aromatic amines is 1. The summed E-state index contributed by atoms with van der Waals surface area (Å²) in [5.41, 5.74) is 1.10. The molecule has 0 aliphatic heterocycles. The topological polar surface area (TPSA) is 84.4 Å². The van der Waals surface area contributed by atoms with Crippen molar-refractivity contribution in [3.63, 3.8) is 0 Å². The molecule has 0 fully saturated rings. The van der Waals surface area contributed by atoms with Gasteiger partial charge in [0.15, 0.2) is 0 Å². The number of nitrogens with one attached hydrogen (secondary N) is 1. The van der Waals surface area contributed by atoms with Crippen molar-refractivity contribution in [2.24, 2.45) is 0 Å². The molecule has 6 heteroatoms. The van der Waals surface area contributed by atoms with Gasteiger partial charge in [-0.15, -0.1) is 0 Å². The van der Waals surface area contributed by atoms with Gasteiger partial charge in [0.1, 0.15) is 17.1 Å². The first kappa shape index (κ1) is 12.9. The van der Waals surface area contributed by atoms with Crippen LogP contribution in [0.4, 0.5) is 0 Å². The van der Waals surface area contributed by atoms with E-state index in [-0.39, 0.29) is 5.56 Å². The molecular formula is C13H14N2O4. The van der Waals surface area contributed by atoms with E-state index in [0.29, 0.717) is 29.4 Å². The Balaban J connectivity index is 2.57. The molecule has 100 valence electrons. The highest BCUT2D eigenvalue weighted by molar-refractivity contribution is 5.95. The monoisotopic (exact) mass is 262 g/mol. The summed E-state index contributed by atoms with van der Waals surface area (Å²) >= 11 is 0. The number of ether oxygens (including phenoxy) is 2. The minimum Gasteiger partial charge on any atom is -0.497 e. The number of carboxylic acid groups (broad SMARTS) is 1. The van der Waals surface area contributed by atoms with Gasteiger partial charge in [-0.25, -0.2) is 4.79 Å². The molecule has 0 unspecified atom stereocenters. The molecular weight excluding hydrogens is 248 g/mol. The minimum atomic E-state index is -1.05. The lowest BCUT2D eigenvalue weighted by atomic mass is 10.1.